The Balaban J connectivity index is 1.89. The molecule has 2 aliphatic rings. The lowest BCUT2D eigenvalue weighted by molar-refractivity contribution is 0.328. The lowest BCUT2D eigenvalue weighted by Gasteiger charge is -2.47. The summed E-state index contributed by atoms with van der Waals surface area (Å²) in [6.45, 7) is 2.24. The highest BCUT2D eigenvalue weighted by Gasteiger charge is 2.34. The summed E-state index contributed by atoms with van der Waals surface area (Å²) < 4.78 is 0. The number of hydrogen-bond donors (Lipinski definition) is 1. The summed E-state index contributed by atoms with van der Waals surface area (Å²) in [7, 11) is 2.17. The molecule has 1 aromatic carbocycles. The first-order chi connectivity index (χ1) is 7.75. The number of nitrogens with zero attached hydrogens (tertiary/aromatic N) is 2. The van der Waals surface area contributed by atoms with E-state index in [1.807, 2.05) is 0 Å². The van der Waals surface area contributed by atoms with Crippen molar-refractivity contribution < 1.29 is 0 Å². The number of benzene rings is 1. The minimum Gasteiger partial charge on any atom is -0.371 e. The highest BCUT2D eigenvalue weighted by atomic mass is 15.3. The van der Waals surface area contributed by atoms with Crippen molar-refractivity contribution >= 4 is 11.4 Å². The van der Waals surface area contributed by atoms with Crippen LogP contribution in [0.15, 0.2) is 24.3 Å². The van der Waals surface area contributed by atoms with Gasteiger partial charge in [0.05, 0.1) is 11.4 Å². The summed E-state index contributed by atoms with van der Waals surface area (Å²) in [5, 5.41) is 0. The maximum absolute atomic E-state index is 5.89. The van der Waals surface area contributed by atoms with E-state index in [-0.39, 0.29) is 0 Å². The first-order valence-electron chi connectivity index (χ1n) is 6.08. The van der Waals surface area contributed by atoms with Gasteiger partial charge in [-0.05, 0) is 25.0 Å². The zero-order valence-corrected chi connectivity index (χ0v) is 9.76. The van der Waals surface area contributed by atoms with E-state index >= 15 is 0 Å². The molecule has 0 atom stereocenters. The van der Waals surface area contributed by atoms with E-state index < -0.39 is 0 Å². The smallest absolute Gasteiger partial charge is 0.0607 e. The number of rotatable bonds is 1. The van der Waals surface area contributed by atoms with Crippen LogP contribution in [0.2, 0.25) is 0 Å². The number of hydrogen-bond acceptors (Lipinski definition) is 3. The van der Waals surface area contributed by atoms with Crippen molar-refractivity contribution in [3.05, 3.63) is 24.3 Å². The van der Waals surface area contributed by atoms with E-state index in [9.17, 15) is 0 Å². The Morgan fingerprint density at radius 3 is 2.50 bits per heavy atom. The lowest BCUT2D eigenvalue weighted by Crippen LogP contribution is -2.54. The number of anilines is 2. The predicted octanol–water partition coefficient (Wildman–Crippen LogP) is 1.43. The molecular weight excluding hydrogens is 198 g/mol. The molecule has 3 nitrogen and oxygen atoms in total. The zero-order chi connectivity index (χ0) is 11.1. The van der Waals surface area contributed by atoms with Crippen LogP contribution >= 0.6 is 0 Å². The third-order valence-corrected chi connectivity index (χ3v) is 3.87. The van der Waals surface area contributed by atoms with Gasteiger partial charge in [-0.2, -0.15) is 0 Å². The zero-order valence-electron chi connectivity index (χ0n) is 9.76. The number of likely N-dealkylation sites (N-methyl/N-ethyl adjacent to an activating group) is 1. The maximum Gasteiger partial charge on any atom is 0.0607 e. The summed E-state index contributed by atoms with van der Waals surface area (Å²) in [6, 6.07) is 9.78. The Hall–Kier alpha value is -1.22. The first kappa shape index (κ1) is 9.97. The molecule has 0 aromatic heterocycles. The molecule has 86 valence electrons. The summed E-state index contributed by atoms with van der Waals surface area (Å²) in [5.74, 6) is 0. The Bertz CT molecular complexity index is 385. The molecule has 1 aliphatic heterocycles. The topological polar surface area (TPSA) is 32.5 Å². The first-order valence-corrected chi connectivity index (χ1v) is 6.08. The van der Waals surface area contributed by atoms with Crippen LogP contribution in [0.25, 0.3) is 0 Å². The molecule has 0 amide bonds. The third-order valence-electron chi connectivity index (χ3n) is 3.87. The molecule has 1 aromatic rings. The van der Waals surface area contributed by atoms with Crippen LogP contribution in [0.5, 0.6) is 0 Å². The average Bonchev–Trinajstić information content (AvgIpc) is 2.27. The molecule has 0 bridgehead atoms. The SMILES string of the molecule is CN1CCN(C2CC(N)C2)c2ccccc21. The average molecular weight is 217 g/mol. The summed E-state index contributed by atoms with van der Waals surface area (Å²) in [5.41, 5.74) is 8.62. The van der Waals surface area contributed by atoms with Crippen LogP contribution in [-0.2, 0) is 0 Å². The van der Waals surface area contributed by atoms with Crippen LogP contribution in [0.1, 0.15) is 12.8 Å². The molecule has 0 saturated heterocycles. The van der Waals surface area contributed by atoms with E-state index in [2.05, 4.69) is 41.1 Å². The highest BCUT2D eigenvalue weighted by molar-refractivity contribution is 5.73. The van der Waals surface area contributed by atoms with Crippen LogP contribution in [0, 0.1) is 0 Å². The van der Waals surface area contributed by atoms with Gasteiger partial charge in [-0.3, -0.25) is 0 Å². The number of nitrogens with two attached hydrogens (primary N) is 1. The van der Waals surface area contributed by atoms with Gasteiger partial charge in [0.2, 0.25) is 0 Å². The molecule has 16 heavy (non-hydrogen) atoms. The fraction of sp³-hybridized carbons (Fsp3) is 0.538. The van der Waals surface area contributed by atoms with Gasteiger partial charge in [0.1, 0.15) is 0 Å². The van der Waals surface area contributed by atoms with Gasteiger partial charge in [0, 0.05) is 32.2 Å². The van der Waals surface area contributed by atoms with E-state index in [4.69, 9.17) is 5.73 Å². The van der Waals surface area contributed by atoms with E-state index in [0.29, 0.717) is 12.1 Å². The Kier molecular flexibility index (Phi) is 2.28. The van der Waals surface area contributed by atoms with Crippen molar-refractivity contribution in [3.8, 4) is 0 Å². The largest absolute Gasteiger partial charge is 0.371 e. The van der Waals surface area contributed by atoms with Gasteiger partial charge in [-0.25, -0.2) is 0 Å². The van der Waals surface area contributed by atoms with Gasteiger partial charge in [-0.15, -0.1) is 0 Å². The Morgan fingerprint density at radius 1 is 1.12 bits per heavy atom. The molecular formula is C13H19N3. The normalized spacial score (nSPS) is 28.6. The second-order valence-electron chi connectivity index (χ2n) is 4.99. The lowest BCUT2D eigenvalue weighted by atomic mass is 9.85. The molecule has 0 unspecified atom stereocenters. The van der Waals surface area contributed by atoms with Crippen LogP contribution in [0.3, 0.4) is 0 Å². The van der Waals surface area contributed by atoms with E-state index in [1.54, 1.807) is 0 Å². The second-order valence-corrected chi connectivity index (χ2v) is 4.99. The Labute approximate surface area is 96.8 Å². The predicted molar refractivity (Wildman–Crippen MR) is 68.1 cm³/mol. The molecule has 1 saturated carbocycles. The highest BCUT2D eigenvalue weighted by Crippen LogP contribution is 2.37. The van der Waals surface area contributed by atoms with Gasteiger partial charge in [0.15, 0.2) is 0 Å². The van der Waals surface area contributed by atoms with Gasteiger partial charge in [0.25, 0.3) is 0 Å². The van der Waals surface area contributed by atoms with Crippen molar-refractivity contribution in [3.63, 3.8) is 0 Å². The maximum atomic E-state index is 5.89. The monoisotopic (exact) mass is 217 g/mol. The van der Waals surface area contributed by atoms with Gasteiger partial charge < -0.3 is 15.5 Å². The minimum atomic E-state index is 0.428. The van der Waals surface area contributed by atoms with Crippen molar-refractivity contribution in [2.75, 3.05) is 29.9 Å². The fourth-order valence-corrected chi connectivity index (χ4v) is 2.79. The molecule has 1 heterocycles. The van der Waals surface area contributed by atoms with Crippen molar-refractivity contribution in [1.82, 2.24) is 0 Å². The van der Waals surface area contributed by atoms with E-state index in [1.165, 1.54) is 11.4 Å². The fourth-order valence-electron chi connectivity index (χ4n) is 2.79. The quantitative estimate of drug-likeness (QED) is 0.772. The summed E-state index contributed by atoms with van der Waals surface area (Å²) in [6.07, 6.45) is 2.30. The van der Waals surface area contributed by atoms with Crippen molar-refractivity contribution in [1.29, 1.82) is 0 Å². The van der Waals surface area contributed by atoms with Gasteiger partial charge in [-0.1, -0.05) is 12.1 Å². The molecule has 1 aliphatic carbocycles. The third kappa shape index (κ3) is 1.47. The van der Waals surface area contributed by atoms with Gasteiger partial charge >= 0.3 is 0 Å². The van der Waals surface area contributed by atoms with Crippen molar-refractivity contribution in [2.45, 2.75) is 24.9 Å². The van der Waals surface area contributed by atoms with E-state index in [0.717, 1.165) is 25.9 Å². The summed E-state index contributed by atoms with van der Waals surface area (Å²) in [4.78, 5) is 4.88. The number of fused-ring (bicyclic) bond motifs is 1. The molecule has 0 radical (unpaired) electrons. The molecule has 1 fully saturated rings. The second kappa shape index (κ2) is 3.67. The molecule has 3 rings (SSSR count). The standard InChI is InChI=1S/C13H19N3/c1-15-6-7-16(11-8-10(14)9-11)13-5-3-2-4-12(13)15/h2-5,10-11H,6-9,14H2,1H3. The molecule has 0 spiro atoms. The van der Waals surface area contributed by atoms with Crippen LogP contribution in [0.4, 0.5) is 11.4 Å². The molecule has 2 N–H and O–H groups in total. The summed E-state index contributed by atoms with van der Waals surface area (Å²) >= 11 is 0. The number of para-hydroxylation sites is 2. The minimum absolute atomic E-state index is 0.428. The van der Waals surface area contributed by atoms with Crippen LogP contribution < -0.4 is 15.5 Å². The van der Waals surface area contributed by atoms with Crippen molar-refractivity contribution in [2.24, 2.45) is 5.73 Å². The molecule has 3 heteroatoms. The van der Waals surface area contributed by atoms with Crippen LogP contribution in [-0.4, -0.2) is 32.2 Å². The Morgan fingerprint density at radius 2 is 1.81 bits per heavy atom.